The highest BCUT2D eigenvalue weighted by atomic mass is 32.2. The number of nitrogens with zero attached hydrogens (tertiary/aromatic N) is 2. The molecule has 0 aliphatic rings. The number of anilines is 1. The first-order valence-corrected chi connectivity index (χ1v) is 12.0. The second-order valence-electron chi connectivity index (χ2n) is 7.62. The summed E-state index contributed by atoms with van der Waals surface area (Å²) in [7, 11) is -0.0640. The van der Waals surface area contributed by atoms with Crippen molar-refractivity contribution in [3.8, 4) is 28.1 Å². The lowest BCUT2D eigenvalue weighted by Crippen LogP contribution is -2.14. The van der Waals surface area contributed by atoms with E-state index in [0.29, 0.717) is 28.1 Å². The summed E-state index contributed by atoms with van der Waals surface area (Å²) in [5.74, 6) is 0.248. The molecule has 33 heavy (non-hydrogen) atoms. The van der Waals surface area contributed by atoms with E-state index in [1.54, 1.807) is 36.1 Å². The summed E-state index contributed by atoms with van der Waals surface area (Å²) in [6.07, 6.45) is 2.99. The van der Waals surface area contributed by atoms with Crippen LogP contribution in [-0.4, -0.2) is 37.5 Å². The van der Waals surface area contributed by atoms with Crippen LogP contribution in [0, 0.1) is 0 Å². The minimum absolute atomic E-state index is 0.133. The topological polar surface area (TPSA) is 90.3 Å². The van der Waals surface area contributed by atoms with Crippen molar-refractivity contribution in [2.75, 3.05) is 18.7 Å². The van der Waals surface area contributed by atoms with Crippen molar-refractivity contribution in [1.29, 1.82) is 0 Å². The number of aryl methyl sites for hydroxylation is 1. The van der Waals surface area contributed by atoms with Crippen molar-refractivity contribution in [2.45, 2.75) is 4.90 Å². The van der Waals surface area contributed by atoms with Crippen LogP contribution in [0.15, 0.2) is 83.9 Å². The Balaban J connectivity index is 1.73. The smallest absolute Gasteiger partial charge is 0.256 e. The van der Waals surface area contributed by atoms with E-state index in [2.05, 4.69) is 10.4 Å². The maximum Gasteiger partial charge on any atom is 0.256 e. The number of rotatable bonds is 6. The third kappa shape index (κ3) is 4.96. The first-order chi connectivity index (χ1) is 15.7. The third-order valence-electron chi connectivity index (χ3n) is 5.17. The third-order valence-corrected chi connectivity index (χ3v) is 6.28. The number of nitrogens with one attached hydrogen (secondary N) is 1. The molecule has 0 aliphatic heterocycles. The fraction of sp³-hybridized carbons (Fsp3) is 0.120. The highest BCUT2D eigenvalue weighted by Crippen LogP contribution is 2.30. The van der Waals surface area contributed by atoms with Gasteiger partial charge in [0.15, 0.2) is 9.84 Å². The molecule has 0 aliphatic carbocycles. The summed E-state index contributed by atoms with van der Waals surface area (Å²) < 4.78 is 31.3. The minimum atomic E-state index is -3.46. The Kier molecular flexibility index (Phi) is 6.02. The molecule has 1 heterocycles. The summed E-state index contributed by atoms with van der Waals surface area (Å²) in [4.78, 5) is 13.4. The Morgan fingerprint density at radius 3 is 2.42 bits per heavy atom. The van der Waals surface area contributed by atoms with Gasteiger partial charge in [-0.2, -0.15) is 5.10 Å². The maximum atomic E-state index is 13.3. The van der Waals surface area contributed by atoms with Crippen molar-refractivity contribution in [2.24, 2.45) is 7.05 Å². The number of ether oxygens (including phenoxy) is 1. The van der Waals surface area contributed by atoms with Gasteiger partial charge in [-0.1, -0.05) is 24.3 Å². The van der Waals surface area contributed by atoms with Crippen LogP contribution in [0.5, 0.6) is 5.75 Å². The summed E-state index contributed by atoms with van der Waals surface area (Å²) in [6.45, 7) is 0. The normalized spacial score (nSPS) is 11.2. The number of hydrogen-bond acceptors (Lipinski definition) is 5. The molecule has 1 amide bonds. The molecule has 0 saturated heterocycles. The van der Waals surface area contributed by atoms with E-state index < -0.39 is 9.84 Å². The molecule has 0 unspecified atom stereocenters. The molecule has 1 aromatic heterocycles. The lowest BCUT2D eigenvalue weighted by molar-refractivity contribution is 0.102. The average molecular weight is 462 g/mol. The summed E-state index contributed by atoms with van der Waals surface area (Å²) in [5.41, 5.74) is 3.78. The lowest BCUT2D eigenvalue weighted by atomic mass is 9.98. The Morgan fingerprint density at radius 1 is 0.970 bits per heavy atom. The van der Waals surface area contributed by atoms with Crippen LogP contribution in [-0.2, 0) is 16.9 Å². The highest BCUT2D eigenvalue weighted by molar-refractivity contribution is 7.90. The molecule has 4 aromatic rings. The number of carbonyl (C=O) groups is 1. The molecule has 0 bridgehead atoms. The zero-order valence-corrected chi connectivity index (χ0v) is 19.3. The largest absolute Gasteiger partial charge is 0.497 e. The second-order valence-corrected chi connectivity index (χ2v) is 9.64. The number of benzene rings is 3. The molecule has 8 heteroatoms. The number of hydrogen-bond donors (Lipinski definition) is 1. The number of aromatic nitrogens is 2. The number of sulfone groups is 1. The van der Waals surface area contributed by atoms with Crippen LogP contribution >= 0.6 is 0 Å². The monoisotopic (exact) mass is 461 g/mol. The zero-order valence-electron chi connectivity index (χ0n) is 18.4. The fourth-order valence-electron chi connectivity index (χ4n) is 3.51. The molecule has 7 nitrogen and oxygen atoms in total. The SMILES string of the molecule is COc1cccc(-c2cc(S(C)(=O)=O)ccc2C(=O)Nc2cccc(-c3ccn(C)n3)c2)c1. The first kappa shape index (κ1) is 22.3. The van der Waals surface area contributed by atoms with Gasteiger partial charge in [0.1, 0.15) is 5.75 Å². The van der Waals surface area contributed by atoms with Crippen molar-refractivity contribution in [3.05, 3.63) is 84.6 Å². The molecule has 0 fully saturated rings. The standard InChI is InChI=1S/C25H23N3O4S/c1-28-13-12-24(27-28)18-7-4-8-19(14-18)26-25(29)22-11-10-21(33(3,30)31)16-23(22)17-6-5-9-20(15-17)32-2/h4-16H,1-3H3,(H,26,29). The summed E-state index contributed by atoms with van der Waals surface area (Å²) >= 11 is 0. The number of amides is 1. The molecule has 168 valence electrons. The molecular formula is C25H23N3O4S. The quantitative estimate of drug-likeness (QED) is 0.459. The Morgan fingerprint density at radius 2 is 1.73 bits per heavy atom. The Bertz CT molecular complexity index is 1440. The van der Waals surface area contributed by atoms with Gasteiger partial charge < -0.3 is 10.1 Å². The molecule has 3 aromatic carbocycles. The molecule has 0 atom stereocenters. The van der Waals surface area contributed by atoms with Crippen molar-refractivity contribution in [3.63, 3.8) is 0 Å². The van der Waals surface area contributed by atoms with E-state index >= 15 is 0 Å². The van der Waals surface area contributed by atoms with Crippen molar-refractivity contribution >= 4 is 21.4 Å². The van der Waals surface area contributed by atoms with Crippen LogP contribution in [0.2, 0.25) is 0 Å². The van der Waals surface area contributed by atoms with Gasteiger partial charge in [0, 0.05) is 36.3 Å². The highest BCUT2D eigenvalue weighted by Gasteiger charge is 2.18. The molecule has 0 saturated carbocycles. The Labute approximate surface area is 192 Å². The van der Waals surface area contributed by atoms with E-state index in [1.807, 2.05) is 43.6 Å². The molecular weight excluding hydrogens is 438 g/mol. The zero-order chi connectivity index (χ0) is 23.6. The van der Waals surface area contributed by atoms with E-state index in [4.69, 9.17) is 4.74 Å². The summed E-state index contributed by atoms with van der Waals surface area (Å²) in [5, 5.41) is 7.32. The van der Waals surface area contributed by atoms with Gasteiger partial charge >= 0.3 is 0 Å². The van der Waals surface area contributed by atoms with Gasteiger partial charge in [-0.15, -0.1) is 0 Å². The molecule has 1 N–H and O–H groups in total. The van der Waals surface area contributed by atoms with Crippen molar-refractivity contribution < 1.29 is 17.9 Å². The fourth-order valence-corrected chi connectivity index (χ4v) is 4.15. The van der Waals surface area contributed by atoms with Gasteiger partial charge in [-0.3, -0.25) is 9.48 Å². The van der Waals surface area contributed by atoms with E-state index in [-0.39, 0.29) is 10.8 Å². The van der Waals surface area contributed by atoms with E-state index in [0.717, 1.165) is 17.5 Å². The Hall–Kier alpha value is -3.91. The molecule has 0 spiro atoms. The van der Waals surface area contributed by atoms with Crippen LogP contribution in [0.4, 0.5) is 5.69 Å². The lowest BCUT2D eigenvalue weighted by Gasteiger charge is -2.13. The summed E-state index contributed by atoms with van der Waals surface area (Å²) in [6, 6.07) is 20.9. The van der Waals surface area contributed by atoms with Crippen molar-refractivity contribution in [1.82, 2.24) is 9.78 Å². The predicted molar refractivity (Wildman–Crippen MR) is 128 cm³/mol. The van der Waals surface area contributed by atoms with E-state index in [1.165, 1.54) is 18.2 Å². The predicted octanol–water partition coefficient (Wildman–Crippen LogP) is 4.42. The van der Waals surface area contributed by atoms with Gasteiger partial charge in [0.25, 0.3) is 5.91 Å². The van der Waals surface area contributed by atoms with Crippen LogP contribution in [0.1, 0.15) is 10.4 Å². The van der Waals surface area contributed by atoms with Crippen LogP contribution in [0.3, 0.4) is 0 Å². The first-order valence-electron chi connectivity index (χ1n) is 10.1. The number of carbonyl (C=O) groups excluding carboxylic acids is 1. The second kappa shape index (κ2) is 8.91. The van der Waals surface area contributed by atoms with Gasteiger partial charge in [0.05, 0.1) is 17.7 Å². The molecule has 4 rings (SSSR count). The van der Waals surface area contributed by atoms with Gasteiger partial charge in [-0.05, 0) is 59.7 Å². The maximum absolute atomic E-state index is 13.3. The minimum Gasteiger partial charge on any atom is -0.497 e. The van der Waals surface area contributed by atoms with Crippen LogP contribution < -0.4 is 10.1 Å². The molecule has 0 radical (unpaired) electrons. The number of methoxy groups -OCH3 is 1. The van der Waals surface area contributed by atoms with Gasteiger partial charge in [0.2, 0.25) is 0 Å². The van der Waals surface area contributed by atoms with Crippen LogP contribution in [0.25, 0.3) is 22.4 Å². The van der Waals surface area contributed by atoms with Gasteiger partial charge in [-0.25, -0.2) is 8.42 Å². The van der Waals surface area contributed by atoms with E-state index in [9.17, 15) is 13.2 Å². The average Bonchev–Trinajstić information content (AvgIpc) is 3.24.